The first-order valence-electron chi connectivity index (χ1n) is 28.1. The molecule has 0 saturated carbocycles. The van der Waals surface area contributed by atoms with Crippen LogP contribution in [0.2, 0.25) is 0 Å². The number of nitrogens with one attached hydrogen (secondary N) is 1. The maximum Gasteiger partial charge on any atom is 0.268 e. The molecule has 0 fully saturated rings. The van der Waals surface area contributed by atoms with Gasteiger partial charge in [0.25, 0.3) is 7.82 Å². The molecular formula is C58H109N2O6P. The van der Waals surface area contributed by atoms with Crippen molar-refractivity contribution >= 4 is 13.7 Å². The smallest absolute Gasteiger partial charge is 0.268 e. The number of carbonyl (C=O) groups is 1. The molecule has 1 amide bonds. The van der Waals surface area contributed by atoms with Gasteiger partial charge in [-0.1, -0.05) is 248 Å². The zero-order chi connectivity index (χ0) is 49.2. The number of amides is 1. The summed E-state index contributed by atoms with van der Waals surface area (Å²) in [5.41, 5.74) is 0. The third-order valence-electron chi connectivity index (χ3n) is 12.5. The predicted molar refractivity (Wildman–Crippen MR) is 288 cm³/mol. The van der Waals surface area contributed by atoms with Crippen molar-refractivity contribution in [2.45, 2.75) is 264 Å². The quantitative estimate of drug-likeness (QED) is 0.0272. The predicted octanol–water partition coefficient (Wildman–Crippen LogP) is 16.3. The van der Waals surface area contributed by atoms with Crippen LogP contribution >= 0.6 is 7.82 Å². The normalized spacial score (nSPS) is 14.4. The number of quaternary nitrogens is 1. The van der Waals surface area contributed by atoms with Gasteiger partial charge in [0.15, 0.2) is 0 Å². The van der Waals surface area contributed by atoms with Crippen molar-refractivity contribution in [3.63, 3.8) is 0 Å². The van der Waals surface area contributed by atoms with Crippen LogP contribution < -0.4 is 10.2 Å². The van der Waals surface area contributed by atoms with Crippen LogP contribution in [0.3, 0.4) is 0 Å². The molecule has 0 rings (SSSR count). The molecule has 0 radical (unpaired) electrons. The number of hydrogen-bond donors (Lipinski definition) is 2. The first-order valence-corrected chi connectivity index (χ1v) is 29.6. The summed E-state index contributed by atoms with van der Waals surface area (Å²) in [4.78, 5) is 25.5. The van der Waals surface area contributed by atoms with Crippen LogP contribution in [0.5, 0.6) is 0 Å². The lowest BCUT2D eigenvalue weighted by Gasteiger charge is -2.30. The van der Waals surface area contributed by atoms with Gasteiger partial charge in [-0.15, -0.1) is 0 Å². The van der Waals surface area contributed by atoms with E-state index in [9.17, 15) is 19.4 Å². The molecular weight excluding hydrogens is 852 g/mol. The molecule has 0 bridgehead atoms. The summed E-state index contributed by atoms with van der Waals surface area (Å²) < 4.78 is 23.4. The van der Waals surface area contributed by atoms with Crippen LogP contribution in [0.1, 0.15) is 251 Å². The number of nitrogens with zero attached hydrogens (tertiary/aromatic N) is 1. The fourth-order valence-electron chi connectivity index (χ4n) is 8.13. The maximum atomic E-state index is 13.0. The van der Waals surface area contributed by atoms with E-state index in [4.69, 9.17) is 9.05 Å². The molecule has 0 heterocycles. The highest BCUT2D eigenvalue weighted by Gasteiger charge is 2.24. The second-order valence-electron chi connectivity index (χ2n) is 20.3. The summed E-state index contributed by atoms with van der Waals surface area (Å²) in [5.74, 6) is -0.165. The molecule has 2 N–H and O–H groups in total. The van der Waals surface area contributed by atoms with Crippen LogP contribution in [-0.4, -0.2) is 68.5 Å². The van der Waals surface area contributed by atoms with Gasteiger partial charge >= 0.3 is 0 Å². The van der Waals surface area contributed by atoms with Crippen molar-refractivity contribution in [3.8, 4) is 0 Å². The number of carbonyl (C=O) groups excluding carboxylic acids is 1. The number of likely N-dealkylation sites (N-methyl/N-ethyl adjacent to an activating group) is 1. The average molecular weight is 961 g/mol. The summed E-state index contributed by atoms with van der Waals surface area (Å²) in [6, 6.07) is -0.801. The fraction of sp³-hybridized carbons (Fsp3) is 0.810. The van der Waals surface area contributed by atoms with E-state index in [-0.39, 0.29) is 19.1 Å². The third-order valence-corrected chi connectivity index (χ3v) is 13.5. The van der Waals surface area contributed by atoms with Gasteiger partial charge in [0.1, 0.15) is 13.2 Å². The molecule has 0 spiro atoms. The van der Waals surface area contributed by atoms with Gasteiger partial charge in [-0.05, 0) is 57.8 Å². The Morgan fingerprint density at radius 2 is 0.910 bits per heavy atom. The molecule has 392 valence electrons. The van der Waals surface area contributed by atoms with Crippen LogP contribution in [0, 0.1) is 0 Å². The van der Waals surface area contributed by atoms with Gasteiger partial charge in [-0.3, -0.25) is 9.36 Å². The Bertz CT molecular complexity index is 1270. The highest BCUT2D eigenvalue weighted by atomic mass is 31.2. The standard InChI is InChI=1S/C58H109N2O6P/c1-6-8-10-12-14-16-18-20-22-23-24-25-26-27-28-29-30-31-32-33-34-35-36-37-38-40-42-44-46-48-50-52-58(62)59-56(55-66-67(63,64)65-54-53-60(3,4)5)57(61)51-49-47-45-43-41-39-21-19-17-15-13-11-9-7-2/h8,10,14,16,20,22,24-25,27-28,56-57,61H,6-7,9,11-13,15,17-19,21,23,26,29-55H2,1-5H3,(H-,59,62,63,64)/b10-8-,16-14-,22-20-,25-24-,28-27-. The molecule has 3 atom stereocenters. The summed E-state index contributed by atoms with van der Waals surface area (Å²) in [6.45, 7) is 4.62. The summed E-state index contributed by atoms with van der Waals surface area (Å²) in [7, 11) is 1.31. The Hall–Kier alpha value is -1.80. The number of aliphatic hydroxyl groups is 1. The minimum atomic E-state index is -4.57. The summed E-state index contributed by atoms with van der Waals surface area (Å²) in [5, 5.41) is 14.0. The van der Waals surface area contributed by atoms with Crippen LogP contribution in [-0.2, 0) is 18.4 Å². The number of unbranched alkanes of at least 4 members (excludes halogenated alkanes) is 28. The Balaban J connectivity index is 4.07. The van der Waals surface area contributed by atoms with Gasteiger partial charge in [0.2, 0.25) is 5.91 Å². The lowest BCUT2D eigenvalue weighted by molar-refractivity contribution is -0.870. The van der Waals surface area contributed by atoms with Gasteiger partial charge in [-0.25, -0.2) is 0 Å². The number of aliphatic hydroxyl groups excluding tert-OH is 1. The van der Waals surface area contributed by atoms with E-state index in [1.54, 1.807) is 0 Å². The largest absolute Gasteiger partial charge is 0.756 e. The number of allylic oxidation sites excluding steroid dienone is 10. The van der Waals surface area contributed by atoms with Gasteiger partial charge < -0.3 is 28.8 Å². The first-order chi connectivity index (χ1) is 32.5. The highest BCUT2D eigenvalue weighted by molar-refractivity contribution is 7.45. The second-order valence-corrected chi connectivity index (χ2v) is 21.7. The van der Waals surface area contributed by atoms with E-state index in [1.807, 2.05) is 21.1 Å². The number of phosphoric ester groups is 1. The molecule has 0 aliphatic rings. The van der Waals surface area contributed by atoms with E-state index in [0.29, 0.717) is 23.9 Å². The SMILES string of the molecule is CC/C=C\C/C=C\C/C=C\C/C=C\C/C=C\CCCCCCCCCCCCCCCCCC(=O)NC(COP(=O)([O-])OCC[N+](C)(C)C)C(O)CCCCCCCCCCCCCCCC. The number of rotatable bonds is 51. The lowest BCUT2D eigenvalue weighted by Crippen LogP contribution is -2.46. The molecule has 0 aromatic heterocycles. The maximum absolute atomic E-state index is 13.0. The van der Waals surface area contributed by atoms with Gasteiger partial charge in [0.05, 0.1) is 39.9 Å². The molecule has 3 unspecified atom stereocenters. The summed E-state index contributed by atoms with van der Waals surface area (Å²) in [6.07, 6.45) is 65.3. The lowest BCUT2D eigenvalue weighted by atomic mass is 10.0. The van der Waals surface area contributed by atoms with Crippen molar-refractivity contribution in [1.82, 2.24) is 5.32 Å². The van der Waals surface area contributed by atoms with Crippen molar-refractivity contribution in [2.75, 3.05) is 40.9 Å². The van der Waals surface area contributed by atoms with Crippen molar-refractivity contribution in [1.29, 1.82) is 0 Å². The minimum Gasteiger partial charge on any atom is -0.756 e. The Morgan fingerprint density at radius 1 is 0.537 bits per heavy atom. The number of phosphoric acid groups is 1. The van der Waals surface area contributed by atoms with Crippen molar-refractivity contribution in [2.24, 2.45) is 0 Å². The van der Waals surface area contributed by atoms with E-state index in [0.717, 1.165) is 70.6 Å². The van der Waals surface area contributed by atoms with Gasteiger partial charge in [-0.2, -0.15) is 0 Å². The molecule has 0 aliphatic heterocycles. The topological polar surface area (TPSA) is 108 Å². The number of hydrogen-bond acceptors (Lipinski definition) is 6. The molecule has 9 heteroatoms. The third kappa shape index (κ3) is 51.9. The average Bonchev–Trinajstić information content (AvgIpc) is 3.29. The molecule has 0 aromatic carbocycles. The summed E-state index contributed by atoms with van der Waals surface area (Å²) >= 11 is 0. The zero-order valence-corrected chi connectivity index (χ0v) is 45.5. The fourth-order valence-corrected chi connectivity index (χ4v) is 8.85. The van der Waals surface area contributed by atoms with E-state index >= 15 is 0 Å². The van der Waals surface area contributed by atoms with E-state index in [2.05, 4.69) is 79.9 Å². The minimum absolute atomic E-state index is 0.0115. The Kier molecular flexibility index (Phi) is 47.9. The van der Waals surface area contributed by atoms with Crippen LogP contribution in [0.25, 0.3) is 0 Å². The highest BCUT2D eigenvalue weighted by Crippen LogP contribution is 2.38. The Labute approximate surface area is 415 Å². The van der Waals surface area contributed by atoms with Crippen LogP contribution in [0.4, 0.5) is 0 Å². The molecule has 67 heavy (non-hydrogen) atoms. The molecule has 0 aromatic rings. The first kappa shape index (κ1) is 65.2. The van der Waals surface area contributed by atoms with Gasteiger partial charge in [0, 0.05) is 6.42 Å². The van der Waals surface area contributed by atoms with Crippen LogP contribution in [0.15, 0.2) is 60.8 Å². The molecule has 0 saturated heterocycles. The second kappa shape index (κ2) is 49.2. The zero-order valence-electron chi connectivity index (χ0n) is 44.6. The van der Waals surface area contributed by atoms with Crippen molar-refractivity contribution < 1.29 is 32.9 Å². The molecule has 8 nitrogen and oxygen atoms in total. The van der Waals surface area contributed by atoms with E-state index in [1.165, 1.54) is 154 Å². The van der Waals surface area contributed by atoms with Crippen molar-refractivity contribution in [3.05, 3.63) is 60.8 Å². The Morgan fingerprint density at radius 3 is 1.33 bits per heavy atom. The van der Waals surface area contributed by atoms with E-state index < -0.39 is 20.0 Å². The monoisotopic (exact) mass is 961 g/mol. The molecule has 0 aliphatic carbocycles.